The van der Waals surface area contributed by atoms with Crippen LogP contribution in [0.4, 0.5) is 5.82 Å². The first-order valence-electron chi connectivity index (χ1n) is 12.0. The molecule has 0 aliphatic rings. The van der Waals surface area contributed by atoms with Gasteiger partial charge >= 0.3 is 0 Å². The lowest BCUT2D eigenvalue weighted by Crippen LogP contribution is -2.38. The standard InChI is InChI=1S/C29H19N7O3/c37-26(20-11-4-1-5-12-20)35(27(38)21-13-6-2-7-14-21)24-23-25(31-19-30-24)36(28(39)22-15-8-3-9-16-22)29(33-23)34-18-10-17-32-34/h1-19H. The number of carbonyl (C=O) groups excluding carboxylic acids is 3. The Labute approximate surface area is 221 Å². The Kier molecular flexibility index (Phi) is 6.02. The Bertz CT molecular complexity index is 1750. The van der Waals surface area contributed by atoms with Gasteiger partial charge in [0, 0.05) is 29.1 Å². The maximum atomic E-state index is 13.8. The second-order valence-electron chi connectivity index (χ2n) is 8.42. The fraction of sp³-hybridized carbons (Fsp3) is 0. The first kappa shape index (κ1) is 23.6. The van der Waals surface area contributed by atoms with Crippen LogP contribution in [0.2, 0.25) is 0 Å². The molecule has 0 saturated carbocycles. The van der Waals surface area contributed by atoms with Crippen LogP contribution in [0.5, 0.6) is 0 Å². The van der Waals surface area contributed by atoms with Crippen LogP contribution in [0, 0.1) is 0 Å². The van der Waals surface area contributed by atoms with Gasteiger partial charge in [-0.05, 0) is 42.5 Å². The van der Waals surface area contributed by atoms with E-state index in [9.17, 15) is 14.4 Å². The normalized spacial score (nSPS) is 10.9. The molecule has 6 aromatic rings. The summed E-state index contributed by atoms with van der Waals surface area (Å²) in [7, 11) is 0. The van der Waals surface area contributed by atoms with Gasteiger partial charge in [-0.25, -0.2) is 29.1 Å². The van der Waals surface area contributed by atoms with Crippen LogP contribution in [0.3, 0.4) is 0 Å². The van der Waals surface area contributed by atoms with Crippen LogP contribution >= 0.6 is 0 Å². The van der Waals surface area contributed by atoms with Crippen molar-refractivity contribution >= 4 is 34.7 Å². The summed E-state index contributed by atoms with van der Waals surface area (Å²) >= 11 is 0. The number of hydrogen-bond donors (Lipinski definition) is 0. The molecule has 0 spiro atoms. The number of imide groups is 1. The van der Waals surface area contributed by atoms with Crippen LogP contribution < -0.4 is 4.90 Å². The van der Waals surface area contributed by atoms with E-state index in [1.54, 1.807) is 109 Å². The van der Waals surface area contributed by atoms with Gasteiger partial charge < -0.3 is 0 Å². The van der Waals surface area contributed by atoms with Gasteiger partial charge in [-0.2, -0.15) is 5.10 Å². The molecule has 0 saturated heterocycles. The number of anilines is 1. The monoisotopic (exact) mass is 513 g/mol. The molecule has 3 heterocycles. The lowest BCUT2D eigenvalue weighted by Gasteiger charge is -2.20. The molecular weight excluding hydrogens is 494 g/mol. The molecule has 6 rings (SSSR count). The third-order valence-electron chi connectivity index (χ3n) is 6.00. The lowest BCUT2D eigenvalue weighted by molar-refractivity contribution is 0.0895. The van der Waals surface area contributed by atoms with Crippen LogP contribution in [-0.4, -0.2) is 47.0 Å². The summed E-state index contributed by atoms with van der Waals surface area (Å²) in [4.78, 5) is 55.6. The number of imidazole rings is 1. The molecule has 10 nitrogen and oxygen atoms in total. The van der Waals surface area contributed by atoms with Crippen molar-refractivity contribution in [2.24, 2.45) is 0 Å². The van der Waals surface area contributed by atoms with Crippen molar-refractivity contribution in [2.75, 3.05) is 4.90 Å². The number of rotatable bonds is 5. The number of hydrogen-bond acceptors (Lipinski definition) is 7. The number of fused-ring (bicyclic) bond motifs is 1. The molecule has 0 fully saturated rings. The first-order valence-corrected chi connectivity index (χ1v) is 12.0. The minimum absolute atomic E-state index is 0.0595. The van der Waals surface area contributed by atoms with Gasteiger partial charge in [0.05, 0.1) is 0 Å². The van der Waals surface area contributed by atoms with E-state index in [1.807, 2.05) is 0 Å². The molecule has 0 aliphatic carbocycles. The predicted octanol–water partition coefficient (Wildman–Crippen LogP) is 4.19. The van der Waals surface area contributed by atoms with Crippen molar-refractivity contribution < 1.29 is 14.4 Å². The number of benzene rings is 3. The van der Waals surface area contributed by atoms with Crippen molar-refractivity contribution in [1.29, 1.82) is 0 Å². The van der Waals surface area contributed by atoms with E-state index in [2.05, 4.69) is 20.1 Å². The highest BCUT2D eigenvalue weighted by Gasteiger charge is 2.32. The number of nitrogens with zero attached hydrogens (tertiary/aromatic N) is 7. The van der Waals surface area contributed by atoms with Crippen molar-refractivity contribution in [2.45, 2.75) is 0 Å². The minimum atomic E-state index is -0.603. The van der Waals surface area contributed by atoms with E-state index >= 15 is 0 Å². The SMILES string of the molecule is O=C(c1ccccc1)N(C(=O)c1ccccc1)c1ncnc2c1nc(-n1cccn1)n2C(=O)c1ccccc1. The molecule has 3 aromatic heterocycles. The zero-order chi connectivity index (χ0) is 26.8. The van der Waals surface area contributed by atoms with Gasteiger partial charge in [-0.1, -0.05) is 54.6 Å². The molecule has 0 aliphatic heterocycles. The molecular formula is C29H19N7O3. The fourth-order valence-corrected chi connectivity index (χ4v) is 4.17. The van der Waals surface area contributed by atoms with Gasteiger partial charge in [-0.3, -0.25) is 14.4 Å². The smallest absolute Gasteiger partial charge is 0.266 e. The molecule has 188 valence electrons. The van der Waals surface area contributed by atoms with E-state index < -0.39 is 17.7 Å². The van der Waals surface area contributed by atoms with Crippen molar-refractivity contribution in [3.63, 3.8) is 0 Å². The predicted molar refractivity (Wildman–Crippen MR) is 143 cm³/mol. The molecule has 10 heteroatoms. The third kappa shape index (κ3) is 4.25. The summed E-state index contributed by atoms with van der Waals surface area (Å²) in [5.74, 6) is -1.55. The largest absolute Gasteiger partial charge is 0.268 e. The highest BCUT2D eigenvalue weighted by atomic mass is 16.2. The summed E-state index contributed by atoms with van der Waals surface area (Å²) in [6, 6.07) is 27.1. The van der Waals surface area contributed by atoms with E-state index in [1.165, 1.54) is 15.6 Å². The number of aromatic nitrogens is 6. The van der Waals surface area contributed by atoms with E-state index in [4.69, 9.17) is 0 Å². The zero-order valence-electron chi connectivity index (χ0n) is 20.3. The summed E-state index contributed by atoms with van der Waals surface area (Å²) in [6.07, 6.45) is 4.38. The van der Waals surface area contributed by atoms with E-state index in [-0.39, 0.29) is 34.1 Å². The van der Waals surface area contributed by atoms with Crippen LogP contribution in [0.1, 0.15) is 31.1 Å². The van der Waals surface area contributed by atoms with Crippen molar-refractivity contribution in [1.82, 2.24) is 29.3 Å². The highest BCUT2D eigenvalue weighted by molar-refractivity contribution is 6.27. The molecule has 0 bridgehead atoms. The summed E-state index contributed by atoms with van der Waals surface area (Å²) in [5.41, 5.74) is 1.15. The first-order chi connectivity index (χ1) is 19.1. The zero-order valence-corrected chi connectivity index (χ0v) is 20.3. The Morgan fingerprint density at radius 2 is 1.23 bits per heavy atom. The summed E-state index contributed by atoms with van der Waals surface area (Å²) in [5, 5.41) is 4.24. The Morgan fingerprint density at radius 1 is 0.667 bits per heavy atom. The van der Waals surface area contributed by atoms with Crippen LogP contribution in [0.15, 0.2) is 116 Å². The second kappa shape index (κ2) is 9.94. The quantitative estimate of drug-likeness (QED) is 0.318. The minimum Gasteiger partial charge on any atom is -0.268 e. The highest BCUT2D eigenvalue weighted by Crippen LogP contribution is 2.28. The van der Waals surface area contributed by atoms with Gasteiger partial charge in [0.1, 0.15) is 6.33 Å². The average Bonchev–Trinajstić information content (AvgIpc) is 3.67. The summed E-state index contributed by atoms with van der Waals surface area (Å²) in [6.45, 7) is 0. The number of amides is 2. The van der Waals surface area contributed by atoms with Gasteiger partial charge in [0.25, 0.3) is 17.7 Å². The lowest BCUT2D eigenvalue weighted by atomic mass is 10.1. The van der Waals surface area contributed by atoms with Crippen molar-refractivity contribution in [3.05, 3.63) is 132 Å². The van der Waals surface area contributed by atoms with Gasteiger partial charge in [0.2, 0.25) is 5.95 Å². The Morgan fingerprint density at radius 3 is 1.77 bits per heavy atom. The Hall–Kier alpha value is -5.77. The second-order valence-corrected chi connectivity index (χ2v) is 8.42. The Balaban J connectivity index is 1.60. The van der Waals surface area contributed by atoms with E-state index in [0.29, 0.717) is 5.56 Å². The topological polar surface area (TPSA) is 116 Å². The fourth-order valence-electron chi connectivity index (χ4n) is 4.17. The van der Waals surface area contributed by atoms with Gasteiger partial charge in [-0.15, -0.1) is 0 Å². The summed E-state index contributed by atoms with van der Waals surface area (Å²) < 4.78 is 2.70. The molecule has 0 unspecified atom stereocenters. The number of carbonyl (C=O) groups is 3. The van der Waals surface area contributed by atoms with Gasteiger partial charge in [0.15, 0.2) is 17.0 Å². The molecule has 39 heavy (non-hydrogen) atoms. The maximum absolute atomic E-state index is 13.8. The molecule has 0 radical (unpaired) electrons. The molecule has 2 amide bonds. The molecule has 0 N–H and O–H groups in total. The molecule has 0 atom stereocenters. The molecule has 3 aromatic carbocycles. The third-order valence-corrected chi connectivity index (χ3v) is 6.00. The average molecular weight is 514 g/mol. The van der Waals surface area contributed by atoms with E-state index in [0.717, 1.165) is 4.90 Å². The maximum Gasteiger partial charge on any atom is 0.266 e. The van der Waals surface area contributed by atoms with Crippen LogP contribution in [-0.2, 0) is 0 Å². The van der Waals surface area contributed by atoms with Crippen LogP contribution in [0.25, 0.3) is 17.1 Å². The van der Waals surface area contributed by atoms with Crippen molar-refractivity contribution in [3.8, 4) is 5.95 Å².